The topological polar surface area (TPSA) is 96.5 Å². The van der Waals surface area contributed by atoms with Crippen LogP contribution in [0.15, 0.2) is 54.6 Å². The van der Waals surface area contributed by atoms with Crippen LogP contribution < -0.4 is 16.0 Å². The summed E-state index contributed by atoms with van der Waals surface area (Å²) in [6, 6.07) is 16.5. The van der Waals surface area contributed by atoms with Crippen molar-refractivity contribution in [2.45, 2.75) is 52.2 Å². The summed E-state index contributed by atoms with van der Waals surface area (Å²) < 4.78 is 5.10. The van der Waals surface area contributed by atoms with Gasteiger partial charge in [0.25, 0.3) is 5.91 Å². The molecule has 0 spiro atoms. The minimum Gasteiger partial charge on any atom is -0.452 e. The van der Waals surface area contributed by atoms with Crippen LogP contribution in [0.4, 0.5) is 4.79 Å². The number of carbonyl (C=O) groups is 3. The van der Waals surface area contributed by atoms with E-state index in [0.717, 1.165) is 18.4 Å². The third kappa shape index (κ3) is 9.33. The van der Waals surface area contributed by atoms with E-state index in [-0.39, 0.29) is 30.6 Å². The first-order valence-electron chi connectivity index (χ1n) is 10.5. The molecule has 0 saturated heterocycles. The summed E-state index contributed by atoms with van der Waals surface area (Å²) in [6.07, 6.45) is 1.66. The van der Waals surface area contributed by atoms with Gasteiger partial charge in [0.2, 0.25) is 0 Å². The Kier molecular flexibility index (Phi) is 9.55. The molecule has 0 aliphatic heterocycles. The van der Waals surface area contributed by atoms with Gasteiger partial charge in [0, 0.05) is 18.6 Å². The van der Waals surface area contributed by atoms with Crippen LogP contribution in [-0.2, 0) is 22.5 Å². The molecule has 0 heterocycles. The maximum absolute atomic E-state index is 12.2. The Balaban J connectivity index is 1.70. The molecule has 0 fully saturated rings. The molecule has 0 saturated carbocycles. The van der Waals surface area contributed by atoms with Crippen LogP contribution in [0.2, 0.25) is 0 Å². The average Bonchev–Trinajstić information content (AvgIpc) is 2.75. The Hall–Kier alpha value is -3.35. The van der Waals surface area contributed by atoms with E-state index in [1.54, 1.807) is 24.3 Å². The van der Waals surface area contributed by atoms with E-state index in [9.17, 15) is 14.4 Å². The second-order valence-corrected chi connectivity index (χ2v) is 7.75. The highest BCUT2D eigenvalue weighted by molar-refractivity contribution is 5.91. The van der Waals surface area contributed by atoms with Crippen molar-refractivity contribution < 1.29 is 19.1 Å². The van der Waals surface area contributed by atoms with Crippen molar-refractivity contribution in [1.29, 1.82) is 0 Å². The first kappa shape index (κ1) is 23.9. The number of urea groups is 1. The normalized spacial score (nSPS) is 11.5. The molecule has 1 atom stereocenters. The molecule has 2 rings (SSSR count). The number of hydrogen-bond acceptors (Lipinski definition) is 4. The number of esters is 1. The third-order valence-electron chi connectivity index (χ3n) is 4.51. The lowest BCUT2D eigenvalue weighted by Crippen LogP contribution is -2.39. The number of aryl methyl sites for hydroxylation is 1. The van der Waals surface area contributed by atoms with Crippen molar-refractivity contribution in [3.63, 3.8) is 0 Å². The molecule has 31 heavy (non-hydrogen) atoms. The Labute approximate surface area is 183 Å². The monoisotopic (exact) mass is 425 g/mol. The maximum Gasteiger partial charge on any atom is 0.338 e. The molecule has 0 aliphatic rings. The average molecular weight is 426 g/mol. The van der Waals surface area contributed by atoms with Crippen LogP contribution >= 0.6 is 0 Å². The van der Waals surface area contributed by atoms with Gasteiger partial charge in [0.1, 0.15) is 0 Å². The molecule has 0 aliphatic carbocycles. The summed E-state index contributed by atoms with van der Waals surface area (Å²) in [6.45, 7) is 5.71. The highest BCUT2D eigenvalue weighted by Gasteiger charge is 2.12. The van der Waals surface area contributed by atoms with Crippen LogP contribution in [0.5, 0.6) is 0 Å². The molecule has 0 bridgehead atoms. The second-order valence-electron chi connectivity index (χ2n) is 7.75. The highest BCUT2D eigenvalue weighted by atomic mass is 16.5. The van der Waals surface area contributed by atoms with Crippen molar-refractivity contribution >= 4 is 17.9 Å². The van der Waals surface area contributed by atoms with Gasteiger partial charge in [-0.2, -0.15) is 0 Å². The molecule has 0 unspecified atom stereocenters. The number of hydrogen-bond donors (Lipinski definition) is 3. The lowest BCUT2D eigenvalue weighted by Gasteiger charge is -2.14. The van der Waals surface area contributed by atoms with Crippen LogP contribution in [-0.4, -0.2) is 36.6 Å². The highest BCUT2D eigenvalue weighted by Crippen LogP contribution is 2.07. The molecule has 166 valence electrons. The molecule has 2 aromatic rings. The minimum atomic E-state index is -0.566. The van der Waals surface area contributed by atoms with Crippen molar-refractivity contribution in [3.05, 3.63) is 71.3 Å². The first-order valence-corrected chi connectivity index (χ1v) is 10.5. The zero-order valence-electron chi connectivity index (χ0n) is 18.3. The van der Waals surface area contributed by atoms with Crippen LogP contribution in [0.3, 0.4) is 0 Å². The van der Waals surface area contributed by atoms with E-state index in [2.05, 4.69) is 28.1 Å². The minimum absolute atomic E-state index is 0.0221. The molecule has 2 aromatic carbocycles. The van der Waals surface area contributed by atoms with Gasteiger partial charge in [-0.25, -0.2) is 9.59 Å². The van der Waals surface area contributed by atoms with Crippen molar-refractivity contribution in [2.24, 2.45) is 0 Å². The van der Waals surface area contributed by atoms with E-state index in [1.165, 1.54) is 5.56 Å². The Morgan fingerprint density at radius 1 is 0.871 bits per heavy atom. The molecular weight excluding hydrogens is 394 g/mol. The summed E-state index contributed by atoms with van der Waals surface area (Å²) in [7, 11) is 0. The number of benzene rings is 2. The second kappa shape index (κ2) is 12.4. The van der Waals surface area contributed by atoms with Gasteiger partial charge in [0.15, 0.2) is 6.61 Å². The first-order chi connectivity index (χ1) is 14.8. The van der Waals surface area contributed by atoms with Gasteiger partial charge in [-0.05, 0) is 56.9 Å². The molecular formula is C24H31N3O4. The molecule has 7 nitrogen and oxygen atoms in total. The van der Waals surface area contributed by atoms with Gasteiger partial charge in [-0.15, -0.1) is 0 Å². The summed E-state index contributed by atoms with van der Waals surface area (Å²) >= 11 is 0. The predicted octanol–water partition coefficient (Wildman–Crippen LogP) is 3.19. The van der Waals surface area contributed by atoms with Gasteiger partial charge >= 0.3 is 12.0 Å². The van der Waals surface area contributed by atoms with Gasteiger partial charge < -0.3 is 20.7 Å². The SMILES string of the molecule is CC(C)NC(=O)NCc1ccc(C(=O)OCC(=O)N[C@H](C)CCc2ccccc2)cc1. The lowest BCUT2D eigenvalue weighted by molar-refractivity contribution is -0.124. The lowest BCUT2D eigenvalue weighted by atomic mass is 10.1. The number of rotatable bonds is 10. The fourth-order valence-corrected chi connectivity index (χ4v) is 2.89. The standard InChI is InChI=1S/C24H31N3O4/c1-17(2)26-24(30)25-15-20-11-13-21(14-12-20)23(29)31-16-22(28)27-18(3)9-10-19-7-5-4-6-8-19/h4-8,11-14,17-18H,9-10,15-16H2,1-3H3,(H,27,28)(H2,25,26,30)/t18-/m1/s1. The van der Waals surface area contributed by atoms with Crippen LogP contribution in [0.25, 0.3) is 0 Å². The van der Waals surface area contributed by atoms with Crippen LogP contribution in [0, 0.1) is 0 Å². The molecule has 0 aromatic heterocycles. The van der Waals surface area contributed by atoms with Crippen molar-refractivity contribution in [1.82, 2.24) is 16.0 Å². The number of carbonyl (C=O) groups excluding carboxylic acids is 3. The van der Waals surface area contributed by atoms with Gasteiger partial charge in [-0.3, -0.25) is 4.79 Å². The van der Waals surface area contributed by atoms with E-state index < -0.39 is 5.97 Å². The maximum atomic E-state index is 12.2. The van der Waals surface area contributed by atoms with E-state index in [4.69, 9.17) is 4.74 Å². The van der Waals surface area contributed by atoms with Crippen molar-refractivity contribution in [3.8, 4) is 0 Å². The van der Waals surface area contributed by atoms with Gasteiger partial charge in [0.05, 0.1) is 5.56 Å². The summed E-state index contributed by atoms with van der Waals surface area (Å²) in [4.78, 5) is 35.8. The Morgan fingerprint density at radius 3 is 2.19 bits per heavy atom. The number of nitrogens with one attached hydrogen (secondary N) is 3. The summed E-state index contributed by atoms with van der Waals surface area (Å²) in [5.74, 6) is -0.893. The zero-order valence-corrected chi connectivity index (χ0v) is 18.3. The summed E-state index contributed by atoms with van der Waals surface area (Å²) in [5.41, 5.74) is 2.41. The Bertz CT molecular complexity index is 851. The van der Waals surface area contributed by atoms with E-state index in [0.29, 0.717) is 12.1 Å². The molecule has 3 amide bonds. The molecule has 0 radical (unpaired) electrons. The Morgan fingerprint density at radius 2 is 1.55 bits per heavy atom. The number of ether oxygens (including phenoxy) is 1. The molecule has 7 heteroatoms. The fraction of sp³-hybridized carbons (Fsp3) is 0.375. The molecule has 3 N–H and O–H groups in total. The largest absolute Gasteiger partial charge is 0.452 e. The zero-order chi connectivity index (χ0) is 22.6. The number of amides is 3. The van der Waals surface area contributed by atoms with Gasteiger partial charge in [-0.1, -0.05) is 42.5 Å². The smallest absolute Gasteiger partial charge is 0.338 e. The van der Waals surface area contributed by atoms with Crippen molar-refractivity contribution in [2.75, 3.05) is 6.61 Å². The quantitative estimate of drug-likeness (QED) is 0.510. The van der Waals surface area contributed by atoms with E-state index in [1.807, 2.05) is 39.0 Å². The fourth-order valence-electron chi connectivity index (χ4n) is 2.89. The predicted molar refractivity (Wildman–Crippen MR) is 120 cm³/mol. The summed E-state index contributed by atoms with van der Waals surface area (Å²) in [5, 5.41) is 8.32. The van der Waals surface area contributed by atoms with Crippen LogP contribution in [0.1, 0.15) is 48.7 Å². The van der Waals surface area contributed by atoms with E-state index >= 15 is 0 Å². The third-order valence-corrected chi connectivity index (χ3v) is 4.51.